The van der Waals surface area contributed by atoms with Crippen LogP contribution in [0.2, 0.25) is 0 Å². The molecule has 0 aromatic heterocycles. The summed E-state index contributed by atoms with van der Waals surface area (Å²) >= 11 is 0. The molecule has 1 rings (SSSR count). The highest BCUT2D eigenvalue weighted by molar-refractivity contribution is 5.83. The minimum atomic E-state index is -0.595. The van der Waals surface area contributed by atoms with E-state index in [9.17, 15) is 4.79 Å². The van der Waals surface area contributed by atoms with Gasteiger partial charge in [-0.3, -0.25) is 4.79 Å². The van der Waals surface area contributed by atoms with Gasteiger partial charge in [0.25, 0.3) is 0 Å². The molecule has 0 aromatic carbocycles. The van der Waals surface area contributed by atoms with E-state index in [0.717, 1.165) is 19.3 Å². The second kappa shape index (κ2) is 4.58. The van der Waals surface area contributed by atoms with E-state index in [2.05, 4.69) is 5.32 Å². The number of aliphatic hydroxyl groups is 1. The smallest absolute Gasteiger partial charge is 0.227 e. The maximum atomic E-state index is 12.1. The van der Waals surface area contributed by atoms with Crippen molar-refractivity contribution < 1.29 is 9.90 Å². The van der Waals surface area contributed by atoms with Gasteiger partial charge in [-0.05, 0) is 52.4 Å². The van der Waals surface area contributed by atoms with Crippen molar-refractivity contribution in [2.75, 3.05) is 13.2 Å². The average Bonchev–Trinajstić information content (AvgIpc) is 2.94. The molecule has 4 nitrogen and oxygen atoms in total. The Kier molecular flexibility index (Phi) is 3.89. The van der Waals surface area contributed by atoms with Gasteiger partial charge in [0.2, 0.25) is 5.91 Å². The SMILES string of the molecule is CC(C)(N)C(C)(C)C(=O)NCC1(CCO)CC1. The highest BCUT2D eigenvalue weighted by Gasteiger charge is 2.45. The van der Waals surface area contributed by atoms with Crippen molar-refractivity contribution >= 4 is 5.91 Å². The highest BCUT2D eigenvalue weighted by atomic mass is 16.3. The second-order valence-electron chi connectivity index (χ2n) is 6.50. The van der Waals surface area contributed by atoms with Crippen molar-refractivity contribution in [3.8, 4) is 0 Å². The highest BCUT2D eigenvalue weighted by Crippen LogP contribution is 2.48. The third-order valence-corrected chi connectivity index (χ3v) is 4.40. The maximum Gasteiger partial charge on any atom is 0.227 e. The van der Waals surface area contributed by atoms with E-state index in [-0.39, 0.29) is 17.9 Å². The molecule has 0 unspecified atom stereocenters. The first-order chi connectivity index (χ1) is 7.65. The first kappa shape index (κ1) is 14.5. The number of carbonyl (C=O) groups excluding carboxylic acids is 1. The van der Waals surface area contributed by atoms with E-state index in [0.29, 0.717) is 6.54 Å². The fourth-order valence-corrected chi connectivity index (χ4v) is 1.71. The summed E-state index contributed by atoms with van der Waals surface area (Å²) in [5.74, 6) is -0.00536. The molecule has 1 amide bonds. The Morgan fingerprint density at radius 1 is 1.35 bits per heavy atom. The molecule has 17 heavy (non-hydrogen) atoms. The van der Waals surface area contributed by atoms with Gasteiger partial charge in [0.05, 0.1) is 5.41 Å². The lowest BCUT2D eigenvalue weighted by Gasteiger charge is -2.37. The third kappa shape index (κ3) is 3.19. The van der Waals surface area contributed by atoms with Crippen LogP contribution in [-0.4, -0.2) is 29.7 Å². The Balaban J connectivity index is 2.50. The fourth-order valence-electron chi connectivity index (χ4n) is 1.71. The van der Waals surface area contributed by atoms with E-state index >= 15 is 0 Å². The lowest BCUT2D eigenvalue weighted by atomic mass is 9.74. The van der Waals surface area contributed by atoms with Crippen LogP contribution in [0.1, 0.15) is 47.0 Å². The molecule has 1 aliphatic carbocycles. The van der Waals surface area contributed by atoms with Gasteiger partial charge in [-0.15, -0.1) is 0 Å². The largest absolute Gasteiger partial charge is 0.396 e. The van der Waals surface area contributed by atoms with E-state index in [1.807, 2.05) is 27.7 Å². The van der Waals surface area contributed by atoms with Crippen LogP contribution < -0.4 is 11.1 Å². The van der Waals surface area contributed by atoms with Crippen LogP contribution in [0.4, 0.5) is 0 Å². The molecule has 0 aromatic rings. The van der Waals surface area contributed by atoms with E-state index in [1.165, 1.54) is 0 Å². The van der Waals surface area contributed by atoms with Crippen molar-refractivity contribution in [3.63, 3.8) is 0 Å². The number of carbonyl (C=O) groups is 1. The Bertz CT molecular complexity index is 288. The van der Waals surface area contributed by atoms with Gasteiger partial charge in [0, 0.05) is 18.7 Å². The molecule has 4 N–H and O–H groups in total. The molecule has 1 saturated carbocycles. The summed E-state index contributed by atoms with van der Waals surface area (Å²) in [4.78, 5) is 12.1. The zero-order valence-corrected chi connectivity index (χ0v) is 11.5. The molecule has 0 aliphatic heterocycles. The zero-order valence-electron chi connectivity index (χ0n) is 11.5. The lowest BCUT2D eigenvalue weighted by molar-refractivity contribution is -0.132. The summed E-state index contributed by atoms with van der Waals surface area (Å²) in [5, 5.41) is 12.0. The van der Waals surface area contributed by atoms with Crippen molar-refractivity contribution in [2.24, 2.45) is 16.6 Å². The predicted molar refractivity (Wildman–Crippen MR) is 68.4 cm³/mol. The lowest BCUT2D eigenvalue weighted by Crippen LogP contribution is -2.56. The van der Waals surface area contributed by atoms with Crippen LogP contribution in [0.3, 0.4) is 0 Å². The van der Waals surface area contributed by atoms with Crippen LogP contribution in [-0.2, 0) is 4.79 Å². The number of nitrogens with two attached hydrogens (primary N) is 1. The van der Waals surface area contributed by atoms with Crippen LogP contribution >= 0.6 is 0 Å². The van der Waals surface area contributed by atoms with Crippen LogP contribution in [0.5, 0.6) is 0 Å². The van der Waals surface area contributed by atoms with Gasteiger partial charge in [-0.2, -0.15) is 0 Å². The maximum absolute atomic E-state index is 12.1. The minimum absolute atomic E-state index is 0.00536. The zero-order chi connectivity index (χ0) is 13.3. The molecule has 0 saturated heterocycles. The van der Waals surface area contributed by atoms with Gasteiger partial charge in [0.1, 0.15) is 0 Å². The van der Waals surface area contributed by atoms with E-state index in [1.54, 1.807) is 0 Å². The summed E-state index contributed by atoms with van der Waals surface area (Å²) in [6.07, 6.45) is 2.97. The minimum Gasteiger partial charge on any atom is -0.396 e. The molecule has 1 aliphatic rings. The van der Waals surface area contributed by atoms with Gasteiger partial charge in [0.15, 0.2) is 0 Å². The molecule has 0 spiro atoms. The summed E-state index contributed by atoms with van der Waals surface area (Å²) < 4.78 is 0. The topological polar surface area (TPSA) is 75.4 Å². The van der Waals surface area contributed by atoms with Gasteiger partial charge in [-0.25, -0.2) is 0 Å². The van der Waals surface area contributed by atoms with Crippen LogP contribution in [0, 0.1) is 10.8 Å². The van der Waals surface area contributed by atoms with E-state index < -0.39 is 11.0 Å². The van der Waals surface area contributed by atoms with Crippen molar-refractivity contribution in [3.05, 3.63) is 0 Å². The molecule has 1 fully saturated rings. The molecular formula is C13H26N2O2. The summed E-state index contributed by atoms with van der Waals surface area (Å²) in [7, 11) is 0. The fraction of sp³-hybridized carbons (Fsp3) is 0.923. The summed E-state index contributed by atoms with van der Waals surface area (Å²) in [6.45, 7) is 8.33. The number of hydrogen-bond acceptors (Lipinski definition) is 3. The number of hydrogen-bond donors (Lipinski definition) is 3. The second-order valence-corrected chi connectivity index (χ2v) is 6.50. The summed E-state index contributed by atoms with van der Waals surface area (Å²) in [5.41, 5.74) is 5.03. The van der Waals surface area contributed by atoms with Crippen molar-refractivity contribution in [1.82, 2.24) is 5.32 Å². The number of aliphatic hydroxyl groups excluding tert-OH is 1. The molecular weight excluding hydrogens is 216 g/mol. The standard InChI is InChI=1S/C13H26N2O2/c1-11(2,12(3,4)14)10(17)15-9-13(5-6-13)7-8-16/h16H,5-9,14H2,1-4H3,(H,15,17). The predicted octanol–water partition coefficient (Wildman–Crippen LogP) is 1.03. The van der Waals surface area contributed by atoms with Crippen LogP contribution in [0.15, 0.2) is 0 Å². The quantitative estimate of drug-likeness (QED) is 0.651. The monoisotopic (exact) mass is 242 g/mol. The average molecular weight is 242 g/mol. The molecule has 100 valence electrons. The van der Waals surface area contributed by atoms with Crippen molar-refractivity contribution in [1.29, 1.82) is 0 Å². The summed E-state index contributed by atoms with van der Waals surface area (Å²) in [6, 6.07) is 0. The first-order valence-electron chi connectivity index (χ1n) is 6.33. The van der Waals surface area contributed by atoms with Gasteiger partial charge < -0.3 is 16.2 Å². The first-order valence-corrected chi connectivity index (χ1v) is 6.33. The van der Waals surface area contributed by atoms with Crippen LogP contribution in [0.25, 0.3) is 0 Å². The Hall–Kier alpha value is -0.610. The van der Waals surface area contributed by atoms with E-state index in [4.69, 9.17) is 10.8 Å². The molecule has 0 radical (unpaired) electrons. The molecule has 0 atom stereocenters. The third-order valence-electron chi connectivity index (χ3n) is 4.40. The molecule has 4 heteroatoms. The Morgan fingerprint density at radius 3 is 2.24 bits per heavy atom. The number of amides is 1. The Morgan fingerprint density at radius 2 is 1.88 bits per heavy atom. The number of nitrogens with one attached hydrogen (secondary N) is 1. The van der Waals surface area contributed by atoms with Gasteiger partial charge in [-0.1, -0.05) is 0 Å². The molecule has 0 heterocycles. The van der Waals surface area contributed by atoms with Crippen molar-refractivity contribution in [2.45, 2.75) is 52.5 Å². The normalized spacial score (nSPS) is 18.9. The Labute approximate surface area is 104 Å². The van der Waals surface area contributed by atoms with Gasteiger partial charge >= 0.3 is 0 Å². The molecule has 0 bridgehead atoms. The number of rotatable bonds is 6.